The number of rotatable bonds is 3. The molecular formula is C15H17N3O. The number of hydrogen-bond donors (Lipinski definition) is 2. The fraction of sp³-hybridized carbons (Fsp3) is 0.200. The van der Waals surface area contributed by atoms with Gasteiger partial charge in [-0.2, -0.15) is 0 Å². The van der Waals surface area contributed by atoms with E-state index in [1.54, 1.807) is 18.3 Å². The number of nitrogens with one attached hydrogen (secondary N) is 1. The molecule has 0 radical (unpaired) electrons. The van der Waals surface area contributed by atoms with Gasteiger partial charge in [0.15, 0.2) is 0 Å². The Hall–Kier alpha value is -2.36. The van der Waals surface area contributed by atoms with Crippen LogP contribution >= 0.6 is 0 Å². The molecule has 0 spiro atoms. The predicted molar refractivity (Wildman–Crippen MR) is 75.7 cm³/mol. The van der Waals surface area contributed by atoms with Crippen LogP contribution in [0, 0.1) is 6.92 Å². The van der Waals surface area contributed by atoms with Crippen LogP contribution in [0.2, 0.25) is 0 Å². The van der Waals surface area contributed by atoms with Crippen molar-refractivity contribution in [3.63, 3.8) is 0 Å². The third-order valence-electron chi connectivity index (χ3n) is 2.97. The Labute approximate surface area is 112 Å². The topological polar surface area (TPSA) is 68.0 Å². The Morgan fingerprint density at radius 2 is 2.05 bits per heavy atom. The van der Waals surface area contributed by atoms with Crippen molar-refractivity contribution in [2.75, 3.05) is 5.73 Å². The third-order valence-corrected chi connectivity index (χ3v) is 2.97. The van der Waals surface area contributed by atoms with E-state index < -0.39 is 0 Å². The van der Waals surface area contributed by atoms with Crippen molar-refractivity contribution in [3.8, 4) is 0 Å². The molecular weight excluding hydrogens is 238 g/mol. The third kappa shape index (κ3) is 3.10. The normalized spacial score (nSPS) is 11.9. The van der Waals surface area contributed by atoms with Crippen LogP contribution in [-0.4, -0.2) is 10.9 Å². The number of nitrogen functional groups attached to an aromatic ring is 1. The first kappa shape index (κ1) is 13.1. The van der Waals surface area contributed by atoms with Crippen molar-refractivity contribution in [2.45, 2.75) is 19.9 Å². The minimum atomic E-state index is -0.137. The number of aryl methyl sites for hydroxylation is 1. The fourth-order valence-electron chi connectivity index (χ4n) is 1.95. The van der Waals surface area contributed by atoms with E-state index >= 15 is 0 Å². The molecule has 1 aromatic heterocycles. The summed E-state index contributed by atoms with van der Waals surface area (Å²) in [6.45, 7) is 3.77. The molecule has 1 atom stereocenters. The summed E-state index contributed by atoms with van der Waals surface area (Å²) in [5.74, 6) is -0.124. The zero-order chi connectivity index (χ0) is 13.8. The van der Waals surface area contributed by atoms with E-state index in [1.807, 2.05) is 38.1 Å². The van der Waals surface area contributed by atoms with Crippen LogP contribution < -0.4 is 11.1 Å². The molecule has 0 aliphatic heterocycles. The van der Waals surface area contributed by atoms with Gasteiger partial charge in [0.1, 0.15) is 0 Å². The number of para-hydroxylation sites is 1. The van der Waals surface area contributed by atoms with E-state index in [9.17, 15) is 4.79 Å². The molecule has 1 unspecified atom stereocenters. The maximum absolute atomic E-state index is 12.1. The summed E-state index contributed by atoms with van der Waals surface area (Å²) in [4.78, 5) is 16.2. The molecule has 0 aliphatic rings. The van der Waals surface area contributed by atoms with Crippen LogP contribution in [0.1, 0.15) is 34.6 Å². The molecule has 19 heavy (non-hydrogen) atoms. The predicted octanol–water partition coefficient (Wildman–Crippen LogP) is 2.46. The van der Waals surface area contributed by atoms with Gasteiger partial charge in [0, 0.05) is 23.1 Å². The van der Waals surface area contributed by atoms with Crippen LogP contribution in [-0.2, 0) is 0 Å². The Kier molecular flexibility index (Phi) is 3.80. The summed E-state index contributed by atoms with van der Waals surface area (Å²) in [6, 6.07) is 10.8. The second-order valence-corrected chi connectivity index (χ2v) is 4.51. The van der Waals surface area contributed by atoms with E-state index in [2.05, 4.69) is 10.3 Å². The first-order chi connectivity index (χ1) is 9.08. The first-order valence-corrected chi connectivity index (χ1v) is 6.16. The van der Waals surface area contributed by atoms with Crippen molar-refractivity contribution >= 4 is 11.6 Å². The number of nitrogens with two attached hydrogens (primary N) is 1. The number of benzene rings is 1. The molecule has 2 rings (SSSR count). The monoisotopic (exact) mass is 255 g/mol. The van der Waals surface area contributed by atoms with Gasteiger partial charge >= 0.3 is 0 Å². The van der Waals surface area contributed by atoms with Crippen molar-refractivity contribution in [1.29, 1.82) is 0 Å². The lowest BCUT2D eigenvalue weighted by atomic mass is 10.1. The van der Waals surface area contributed by atoms with Gasteiger partial charge in [-0.15, -0.1) is 0 Å². The summed E-state index contributed by atoms with van der Waals surface area (Å²) in [5.41, 5.74) is 8.92. The van der Waals surface area contributed by atoms with Gasteiger partial charge in [0.05, 0.1) is 6.04 Å². The maximum atomic E-state index is 12.1. The van der Waals surface area contributed by atoms with Gasteiger partial charge in [0.25, 0.3) is 5.91 Å². The van der Waals surface area contributed by atoms with Crippen molar-refractivity contribution in [1.82, 2.24) is 10.3 Å². The lowest BCUT2D eigenvalue weighted by Gasteiger charge is -2.16. The standard InChI is InChI=1S/C15H17N3O/c1-10-9-12(7-8-17-10)15(19)18-11(2)13-5-3-4-6-14(13)16/h3-9,11H,16H2,1-2H3,(H,18,19). The molecule has 4 nitrogen and oxygen atoms in total. The second-order valence-electron chi connectivity index (χ2n) is 4.51. The molecule has 1 amide bonds. The van der Waals surface area contributed by atoms with Crippen LogP contribution in [0.5, 0.6) is 0 Å². The lowest BCUT2D eigenvalue weighted by Crippen LogP contribution is -2.27. The highest BCUT2D eigenvalue weighted by atomic mass is 16.1. The van der Waals surface area contributed by atoms with Crippen molar-refractivity contribution in [3.05, 3.63) is 59.4 Å². The molecule has 0 bridgehead atoms. The summed E-state index contributed by atoms with van der Waals surface area (Å²) in [6.07, 6.45) is 1.63. The SMILES string of the molecule is Cc1cc(C(=O)NC(C)c2ccccc2N)ccn1. The highest BCUT2D eigenvalue weighted by molar-refractivity contribution is 5.94. The zero-order valence-electron chi connectivity index (χ0n) is 11.1. The average Bonchev–Trinajstić information content (AvgIpc) is 2.39. The lowest BCUT2D eigenvalue weighted by molar-refractivity contribution is 0.0940. The molecule has 1 aromatic carbocycles. The van der Waals surface area contributed by atoms with E-state index in [0.29, 0.717) is 11.3 Å². The molecule has 98 valence electrons. The van der Waals surface area contributed by atoms with Crippen LogP contribution in [0.3, 0.4) is 0 Å². The van der Waals surface area contributed by atoms with E-state index in [1.165, 1.54) is 0 Å². The van der Waals surface area contributed by atoms with Crippen LogP contribution in [0.15, 0.2) is 42.6 Å². The molecule has 0 saturated carbocycles. The Balaban J connectivity index is 2.13. The van der Waals surface area contributed by atoms with Gasteiger partial charge < -0.3 is 11.1 Å². The van der Waals surface area contributed by atoms with Gasteiger partial charge in [0.2, 0.25) is 0 Å². The van der Waals surface area contributed by atoms with Gasteiger partial charge in [-0.3, -0.25) is 9.78 Å². The van der Waals surface area contributed by atoms with Crippen molar-refractivity contribution in [2.24, 2.45) is 0 Å². The average molecular weight is 255 g/mol. The summed E-state index contributed by atoms with van der Waals surface area (Å²) in [7, 11) is 0. The molecule has 0 saturated heterocycles. The molecule has 3 N–H and O–H groups in total. The first-order valence-electron chi connectivity index (χ1n) is 6.16. The number of aromatic nitrogens is 1. The molecule has 2 aromatic rings. The maximum Gasteiger partial charge on any atom is 0.251 e. The Morgan fingerprint density at radius 1 is 1.32 bits per heavy atom. The highest BCUT2D eigenvalue weighted by Gasteiger charge is 2.13. The van der Waals surface area contributed by atoms with Gasteiger partial charge in [-0.25, -0.2) is 0 Å². The summed E-state index contributed by atoms with van der Waals surface area (Å²) < 4.78 is 0. The number of pyridine rings is 1. The van der Waals surface area contributed by atoms with Crippen LogP contribution in [0.25, 0.3) is 0 Å². The Morgan fingerprint density at radius 3 is 2.74 bits per heavy atom. The number of amides is 1. The number of carbonyl (C=O) groups excluding carboxylic acids is 1. The molecule has 0 fully saturated rings. The number of hydrogen-bond acceptors (Lipinski definition) is 3. The fourth-order valence-corrected chi connectivity index (χ4v) is 1.95. The molecule has 1 heterocycles. The molecule has 0 aliphatic carbocycles. The summed E-state index contributed by atoms with van der Waals surface area (Å²) in [5, 5.41) is 2.93. The quantitative estimate of drug-likeness (QED) is 0.828. The smallest absolute Gasteiger partial charge is 0.251 e. The second kappa shape index (κ2) is 5.52. The summed E-state index contributed by atoms with van der Waals surface area (Å²) >= 11 is 0. The highest BCUT2D eigenvalue weighted by Crippen LogP contribution is 2.19. The minimum absolute atomic E-state index is 0.124. The van der Waals surface area contributed by atoms with Gasteiger partial charge in [-0.05, 0) is 37.6 Å². The largest absolute Gasteiger partial charge is 0.398 e. The molecule has 4 heteroatoms. The van der Waals surface area contributed by atoms with Crippen LogP contribution in [0.4, 0.5) is 5.69 Å². The minimum Gasteiger partial charge on any atom is -0.398 e. The van der Waals surface area contributed by atoms with E-state index in [-0.39, 0.29) is 11.9 Å². The van der Waals surface area contributed by atoms with E-state index in [4.69, 9.17) is 5.73 Å². The zero-order valence-corrected chi connectivity index (χ0v) is 11.1. The number of carbonyl (C=O) groups is 1. The van der Waals surface area contributed by atoms with Crippen molar-refractivity contribution < 1.29 is 4.79 Å². The van der Waals surface area contributed by atoms with Gasteiger partial charge in [-0.1, -0.05) is 18.2 Å². The number of anilines is 1. The van der Waals surface area contributed by atoms with E-state index in [0.717, 1.165) is 11.3 Å². The Bertz CT molecular complexity index is 595. The number of nitrogens with zero attached hydrogens (tertiary/aromatic N) is 1.